The van der Waals surface area contributed by atoms with E-state index in [1.807, 2.05) is 22.4 Å². The van der Waals surface area contributed by atoms with E-state index in [1.54, 1.807) is 4.41 Å². The molecule has 0 bridgehead atoms. The minimum atomic E-state index is -0.682. The van der Waals surface area contributed by atoms with Crippen molar-refractivity contribution in [2.45, 2.75) is 44.6 Å². The first-order chi connectivity index (χ1) is 12.5. The van der Waals surface area contributed by atoms with E-state index in [-0.39, 0.29) is 43.7 Å². The molecular formula is C15H24BIN3O5S. The topological polar surface area (TPSA) is 121 Å². The molecule has 1 atom stereocenters. The summed E-state index contributed by atoms with van der Waals surface area (Å²) in [5.41, 5.74) is 0. The van der Waals surface area contributed by atoms with Crippen molar-refractivity contribution in [3.05, 3.63) is 0 Å². The maximum atomic E-state index is 12.2. The van der Waals surface area contributed by atoms with Gasteiger partial charge in [-0.2, -0.15) is 11.6 Å². The first-order valence-corrected chi connectivity index (χ1v) is 10.6. The molecule has 0 aromatic rings. The first-order valence-electron chi connectivity index (χ1n) is 8.29. The van der Waals surface area contributed by atoms with Gasteiger partial charge in [0.25, 0.3) is 4.41 Å². The number of hydrogen-bond acceptors (Lipinski definition) is 6. The normalized spacial score (nSPS) is 11.1. The third-order valence-corrected chi connectivity index (χ3v) is 4.91. The summed E-state index contributed by atoms with van der Waals surface area (Å²) in [4.78, 5) is 56.0. The van der Waals surface area contributed by atoms with Crippen LogP contribution in [-0.2, 0) is 24.0 Å². The number of nitrogens with one attached hydrogen (secondary N) is 3. The summed E-state index contributed by atoms with van der Waals surface area (Å²) in [5, 5.41) is 7.99. The molecule has 0 aromatic heterocycles. The van der Waals surface area contributed by atoms with Gasteiger partial charge in [-0.05, 0) is 12.8 Å². The summed E-state index contributed by atoms with van der Waals surface area (Å²) in [6.07, 6.45) is 3.61. The van der Waals surface area contributed by atoms with Crippen molar-refractivity contribution in [1.82, 2.24) is 16.0 Å². The van der Waals surface area contributed by atoms with E-state index in [0.29, 0.717) is 31.4 Å². The second-order valence-corrected chi connectivity index (χ2v) is 7.67. The molecule has 3 amide bonds. The third-order valence-electron chi connectivity index (χ3n) is 3.18. The molecule has 26 heavy (non-hydrogen) atoms. The molecule has 11 heteroatoms. The molecule has 0 heterocycles. The molecule has 0 rings (SSSR count). The van der Waals surface area contributed by atoms with Crippen LogP contribution in [-0.4, -0.2) is 59.6 Å². The molecule has 0 saturated heterocycles. The van der Waals surface area contributed by atoms with Gasteiger partial charge in [0, 0.05) is 44.5 Å². The number of hydrogen-bond donors (Lipinski definition) is 3. The second kappa shape index (κ2) is 17.3. The number of rotatable bonds is 16. The van der Waals surface area contributed by atoms with Gasteiger partial charge < -0.3 is 25.5 Å². The molecular weight excluding hydrogens is 472 g/mol. The monoisotopic (exact) mass is 496 g/mol. The highest BCUT2D eigenvalue weighted by Gasteiger charge is 2.20. The van der Waals surface area contributed by atoms with Crippen LogP contribution in [0.25, 0.3) is 0 Å². The Hall–Kier alpha value is -1.11. The fourth-order valence-electron chi connectivity index (χ4n) is 1.87. The Kier molecular flexibility index (Phi) is 16.6. The Bertz CT molecular complexity index is 471. The molecule has 0 aliphatic rings. The predicted octanol–water partition coefficient (Wildman–Crippen LogP) is 0.144. The van der Waals surface area contributed by atoms with E-state index < -0.39 is 6.04 Å². The van der Waals surface area contributed by atoms with Gasteiger partial charge in [-0.3, -0.25) is 14.4 Å². The minimum Gasteiger partial charge on any atom is -0.354 e. The van der Waals surface area contributed by atoms with Gasteiger partial charge in [0.15, 0.2) is 0 Å². The lowest BCUT2D eigenvalue weighted by Gasteiger charge is -2.18. The summed E-state index contributed by atoms with van der Waals surface area (Å²) in [6, 6.07) is -0.682. The summed E-state index contributed by atoms with van der Waals surface area (Å²) in [6.45, 7) is 0.519. The lowest BCUT2D eigenvalue weighted by molar-refractivity contribution is -0.128. The standard InChI is InChI=1S/C15H24BIN3O5S/c17-16-26-11-12(20-14(24)6-2-4-10-22)15(25)19-8-7-18-13(23)5-1-3-9-21/h9-10,12H,1-8,11H2,(H,18,23)(H,19,25)(H,20,24)/t12-/m0/s1. The quantitative estimate of drug-likeness (QED) is 0.121. The maximum Gasteiger partial charge on any atom is 0.275 e. The van der Waals surface area contributed by atoms with Crippen molar-refractivity contribution in [3.63, 3.8) is 0 Å². The van der Waals surface area contributed by atoms with Crippen molar-refractivity contribution in [1.29, 1.82) is 0 Å². The average Bonchev–Trinajstić information content (AvgIpc) is 2.62. The van der Waals surface area contributed by atoms with Gasteiger partial charge in [0.1, 0.15) is 18.6 Å². The van der Waals surface area contributed by atoms with Crippen LogP contribution in [0.2, 0.25) is 0 Å². The van der Waals surface area contributed by atoms with Gasteiger partial charge in [-0.15, -0.1) is 22.4 Å². The van der Waals surface area contributed by atoms with Crippen LogP contribution in [0, 0.1) is 0 Å². The number of amides is 3. The van der Waals surface area contributed by atoms with E-state index >= 15 is 0 Å². The Morgan fingerprint density at radius 1 is 0.962 bits per heavy atom. The molecule has 0 aliphatic carbocycles. The van der Waals surface area contributed by atoms with Crippen molar-refractivity contribution < 1.29 is 24.0 Å². The van der Waals surface area contributed by atoms with Gasteiger partial charge >= 0.3 is 0 Å². The van der Waals surface area contributed by atoms with E-state index in [9.17, 15) is 24.0 Å². The predicted molar refractivity (Wildman–Crippen MR) is 110 cm³/mol. The number of aldehydes is 2. The van der Waals surface area contributed by atoms with Crippen LogP contribution >= 0.6 is 34.0 Å². The Labute approximate surface area is 171 Å². The van der Waals surface area contributed by atoms with Crippen LogP contribution < -0.4 is 16.0 Å². The highest BCUT2D eigenvalue weighted by Crippen LogP contribution is 2.05. The van der Waals surface area contributed by atoms with Gasteiger partial charge in [0.05, 0.1) is 0 Å². The average molecular weight is 496 g/mol. The highest BCUT2D eigenvalue weighted by atomic mass is 127. The van der Waals surface area contributed by atoms with Crippen molar-refractivity contribution in [2.24, 2.45) is 0 Å². The fraction of sp³-hybridized carbons (Fsp3) is 0.667. The maximum absolute atomic E-state index is 12.2. The zero-order valence-corrected chi connectivity index (χ0v) is 17.5. The van der Waals surface area contributed by atoms with Crippen LogP contribution in [0.1, 0.15) is 38.5 Å². The van der Waals surface area contributed by atoms with Crippen LogP contribution in [0.3, 0.4) is 0 Å². The molecule has 0 saturated carbocycles. The van der Waals surface area contributed by atoms with E-state index in [0.717, 1.165) is 12.6 Å². The van der Waals surface area contributed by atoms with Gasteiger partial charge in [0.2, 0.25) is 17.7 Å². The summed E-state index contributed by atoms with van der Waals surface area (Å²) < 4.78 is 1.80. The molecule has 0 spiro atoms. The smallest absolute Gasteiger partial charge is 0.275 e. The van der Waals surface area contributed by atoms with Gasteiger partial charge in [-0.1, -0.05) is 0 Å². The fourth-order valence-corrected chi connectivity index (χ4v) is 3.00. The summed E-state index contributed by atoms with van der Waals surface area (Å²) in [5.74, 6) is -0.373. The molecule has 3 N–H and O–H groups in total. The molecule has 1 radical (unpaired) electrons. The van der Waals surface area contributed by atoms with Crippen molar-refractivity contribution in [2.75, 3.05) is 18.8 Å². The molecule has 0 aliphatic heterocycles. The van der Waals surface area contributed by atoms with Crippen LogP contribution in [0.15, 0.2) is 0 Å². The lowest BCUT2D eigenvalue weighted by atomic mass is 10.2. The van der Waals surface area contributed by atoms with Crippen molar-refractivity contribution >= 4 is 68.7 Å². The molecule has 8 nitrogen and oxygen atoms in total. The number of carbonyl (C=O) groups is 5. The molecule has 0 unspecified atom stereocenters. The third kappa shape index (κ3) is 14.1. The summed E-state index contributed by atoms with van der Waals surface area (Å²) >= 11 is 3.45. The van der Waals surface area contributed by atoms with Crippen molar-refractivity contribution in [3.8, 4) is 0 Å². The largest absolute Gasteiger partial charge is 0.354 e. The highest BCUT2D eigenvalue weighted by molar-refractivity contribution is 14.1. The van der Waals surface area contributed by atoms with E-state index in [4.69, 9.17) is 0 Å². The number of halogens is 1. The summed E-state index contributed by atoms with van der Waals surface area (Å²) in [7, 11) is 0. The van der Waals surface area contributed by atoms with E-state index in [1.165, 1.54) is 11.6 Å². The Morgan fingerprint density at radius 2 is 1.54 bits per heavy atom. The van der Waals surface area contributed by atoms with E-state index in [2.05, 4.69) is 16.0 Å². The van der Waals surface area contributed by atoms with Crippen LogP contribution in [0.5, 0.6) is 0 Å². The SMILES string of the molecule is O=CCCCC(=O)NCCNC(=O)[C@H](CS[B]I)NC(=O)CCCC=O. The molecule has 145 valence electrons. The first kappa shape index (κ1) is 24.9. The Balaban J connectivity index is 4.16. The number of unbranched alkanes of at least 4 members (excludes halogenated alkanes) is 2. The lowest BCUT2D eigenvalue weighted by Crippen LogP contribution is -2.49. The van der Waals surface area contributed by atoms with Gasteiger partial charge in [-0.25, -0.2) is 0 Å². The zero-order valence-electron chi connectivity index (χ0n) is 14.5. The second-order valence-electron chi connectivity index (χ2n) is 5.30. The Morgan fingerprint density at radius 3 is 2.12 bits per heavy atom. The van der Waals surface area contributed by atoms with Crippen LogP contribution in [0.4, 0.5) is 0 Å². The molecule has 0 aromatic carbocycles. The minimum absolute atomic E-state index is 0.170. The number of carbonyl (C=O) groups excluding carboxylic acids is 5. The zero-order chi connectivity index (χ0) is 19.6. The molecule has 0 fully saturated rings.